The number of nitrogens with zero attached hydrogens (tertiary/aromatic N) is 2. The molecule has 3 rings (SSSR count). The van der Waals surface area contributed by atoms with Crippen LogP contribution in [0.3, 0.4) is 0 Å². The van der Waals surface area contributed by atoms with Gasteiger partial charge in [0, 0.05) is 20.1 Å². The lowest BCUT2D eigenvalue weighted by Gasteiger charge is -2.33. The summed E-state index contributed by atoms with van der Waals surface area (Å²) in [5, 5.41) is 0.244. The fraction of sp³-hybridized carbons (Fsp3) is 0.632. The number of rotatable bonds is 5. The monoisotopic (exact) mass is 450 g/mol. The normalized spacial score (nSPS) is 24.8. The minimum absolute atomic E-state index is 0.154. The summed E-state index contributed by atoms with van der Waals surface area (Å²) in [6.45, 7) is 2.13. The third-order valence-corrected chi connectivity index (χ3v) is 7.80. The predicted molar refractivity (Wildman–Crippen MR) is 102 cm³/mol. The number of piperidine rings is 1. The van der Waals surface area contributed by atoms with Gasteiger partial charge in [-0.15, -0.1) is 0 Å². The maximum Gasteiger partial charge on any atom is 0.416 e. The fourth-order valence-corrected chi connectivity index (χ4v) is 5.96. The van der Waals surface area contributed by atoms with E-state index in [4.69, 9.17) is 9.57 Å². The Bertz CT molecular complexity index is 869. The largest absolute Gasteiger partial charge is 0.466 e. The Kier molecular flexibility index (Phi) is 6.75. The van der Waals surface area contributed by atoms with Crippen LogP contribution in [0.5, 0.6) is 0 Å². The molecule has 0 saturated carbocycles. The van der Waals surface area contributed by atoms with E-state index in [9.17, 15) is 26.4 Å². The molecule has 0 bridgehead atoms. The van der Waals surface area contributed by atoms with E-state index in [0.29, 0.717) is 12.8 Å². The maximum absolute atomic E-state index is 13.3. The first-order valence-electron chi connectivity index (χ1n) is 9.74. The molecule has 0 aliphatic carbocycles. The minimum atomic E-state index is -4.53. The lowest BCUT2D eigenvalue weighted by molar-refractivity contribution is -0.149. The molecular formula is C19H25F3N2O5S. The molecule has 0 N–H and O–H groups in total. The summed E-state index contributed by atoms with van der Waals surface area (Å²) >= 11 is 0. The van der Waals surface area contributed by atoms with Gasteiger partial charge in [0.1, 0.15) is 5.25 Å². The zero-order valence-corrected chi connectivity index (χ0v) is 17.6. The SMILES string of the molecule is CCOC(=O)C1CCN(S(=O)(=O)[C@H]2CON(C)[C@@H]2c2cccc(C(F)(F)F)c2)CC1. The highest BCUT2D eigenvalue weighted by molar-refractivity contribution is 7.89. The van der Waals surface area contributed by atoms with E-state index in [1.165, 1.54) is 28.5 Å². The van der Waals surface area contributed by atoms with Crippen molar-refractivity contribution >= 4 is 16.0 Å². The molecule has 2 fully saturated rings. The third kappa shape index (κ3) is 4.63. The molecule has 2 saturated heterocycles. The minimum Gasteiger partial charge on any atom is -0.466 e. The van der Waals surface area contributed by atoms with Crippen molar-refractivity contribution in [3.8, 4) is 0 Å². The predicted octanol–water partition coefficient (Wildman–Crippen LogP) is 2.60. The first-order chi connectivity index (χ1) is 14.1. The number of hydrogen-bond acceptors (Lipinski definition) is 6. The molecule has 0 amide bonds. The molecule has 1 aromatic carbocycles. The lowest BCUT2D eigenvalue weighted by atomic mass is 9.98. The van der Waals surface area contributed by atoms with Crippen molar-refractivity contribution in [1.29, 1.82) is 0 Å². The van der Waals surface area contributed by atoms with Crippen LogP contribution in [0.2, 0.25) is 0 Å². The van der Waals surface area contributed by atoms with Crippen LogP contribution in [0.4, 0.5) is 13.2 Å². The molecule has 0 unspecified atom stereocenters. The Labute approximate surface area is 173 Å². The van der Waals surface area contributed by atoms with Crippen LogP contribution in [0.15, 0.2) is 24.3 Å². The van der Waals surface area contributed by atoms with Gasteiger partial charge in [0.15, 0.2) is 0 Å². The summed E-state index contributed by atoms with van der Waals surface area (Å²) < 4.78 is 72.2. The molecule has 2 heterocycles. The molecule has 2 aliphatic heterocycles. The molecule has 168 valence electrons. The number of ether oxygens (including phenoxy) is 1. The molecule has 0 spiro atoms. The molecular weight excluding hydrogens is 425 g/mol. The first kappa shape index (κ1) is 23.0. The van der Waals surface area contributed by atoms with Crippen LogP contribution in [0.25, 0.3) is 0 Å². The molecule has 0 radical (unpaired) electrons. The summed E-state index contributed by atoms with van der Waals surface area (Å²) in [4.78, 5) is 17.3. The van der Waals surface area contributed by atoms with Gasteiger partial charge in [-0.1, -0.05) is 12.1 Å². The van der Waals surface area contributed by atoms with Crippen LogP contribution in [0.1, 0.15) is 36.9 Å². The number of halogens is 3. The number of hydroxylamine groups is 2. The smallest absolute Gasteiger partial charge is 0.416 e. The van der Waals surface area contributed by atoms with E-state index in [2.05, 4.69) is 0 Å². The Morgan fingerprint density at radius 3 is 2.53 bits per heavy atom. The molecule has 7 nitrogen and oxygen atoms in total. The Morgan fingerprint density at radius 2 is 1.93 bits per heavy atom. The molecule has 2 atom stereocenters. The second-order valence-electron chi connectivity index (χ2n) is 7.42. The molecule has 2 aliphatic rings. The quantitative estimate of drug-likeness (QED) is 0.642. The van der Waals surface area contributed by atoms with E-state index in [1.807, 2.05) is 0 Å². The number of carbonyl (C=O) groups excluding carboxylic acids is 1. The highest BCUT2D eigenvalue weighted by Gasteiger charge is 2.47. The lowest BCUT2D eigenvalue weighted by Crippen LogP contribution is -2.47. The van der Waals surface area contributed by atoms with Crippen LogP contribution in [-0.2, 0) is 30.6 Å². The number of alkyl halides is 3. The van der Waals surface area contributed by atoms with Gasteiger partial charge in [-0.25, -0.2) is 12.7 Å². The topological polar surface area (TPSA) is 76.1 Å². The van der Waals surface area contributed by atoms with Crippen molar-refractivity contribution in [3.05, 3.63) is 35.4 Å². The zero-order valence-electron chi connectivity index (χ0n) is 16.8. The van der Waals surface area contributed by atoms with E-state index < -0.39 is 33.1 Å². The Balaban J connectivity index is 1.80. The van der Waals surface area contributed by atoms with Gasteiger partial charge in [-0.05, 0) is 37.5 Å². The number of carbonyl (C=O) groups is 1. The van der Waals surface area contributed by atoms with E-state index in [0.717, 1.165) is 12.1 Å². The summed E-state index contributed by atoms with van der Waals surface area (Å²) in [6, 6.07) is 3.77. The van der Waals surface area contributed by atoms with Crippen molar-refractivity contribution in [3.63, 3.8) is 0 Å². The van der Waals surface area contributed by atoms with Gasteiger partial charge < -0.3 is 4.74 Å². The number of benzene rings is 1. The van der Waals surface area contributed by atoms with Gasteiger partial charge in [0.2, 0.25) is 10.0 Å². The number of sulfonamides is 1. The van der Waals surface area contributed by atoms with Crippen molar-refractivity contribution < 1.29 is 36.0 Å². The molecule has 11 heteroatoms. The van der Waals surface area contributed by atoms with Crippen molar-refractivity contribution in [2.45, 2.75) is 37.2 Å². The van der Waals surface area contributed by atoms with Gasteiger partial charge >= 0.3 is 12.1 Å². The van der Waals surface area contributed by atoms with Crippen LogP contribution in [0, 0.1) is 5.92 Å². The van der Waals surface area contributed by atoms with Gasteiger partial charge in [-0.3, -0.25) is 9.63 Å². The molecule has 30 heavy (non-hydrogen) atoms. The van der Waals surface area contributed by atoms with Crippen molar-refractivity contribution in [2.24, 2.45) is 5.92 Å². The van der Waals surface area contributed by atoms with Crippen LogP contribution < -0.4 is 0 Å². The number of esters is 1. The van der Waals surface area contributed by atoms with E-state index in [1.54, 1.807) is 6.92 Å². The zero-order chi connectivity index (χ0) is 22.1. The number of hydrogen-bond donors (Lipinski definition) is 0. The second-order valence-corrected chi connectivity index (χ2v) is 9.57. The Morgan fingerprint density at radius 1 is 1.27 bits per heavy atom. The maximum atomic E-state index is 13.3. The van der Waals surface area contributed by atoms with Crippen LogP contribution in [-0.4, -0.2) is 62.4 Å². The Hall–Kier alpha value is -1.69. The average molecular weight is 450 g/mol. The summed E-state index contributed by atoms with van der Waals surface area (Å²) in [5.41, 5.74) is -0.619. The van der Waals surface area contributed by atoms with Crippen LogP contribution >= 0.6 is 0 Å². The van der Waals surface area contributed by atoms with Gasteiger partial charge in [0.05, 0.1) is 30.7 Å². The summed E-state index contributed by atoms with van der Waals surface area (Å²) in [6.07, 6.45) is -3.84. The van der Waals surface area contributed by atoms with Crippen molar-refractivity contribution in [2.75, 3.05) is 33.4 Å². The highest BCUT2D eigenvalue weighted by atomic mass is 32.2. The second kappa shape index (κ2) is 8.81. The van der Waals surface area contributed by atoms with E-state index in [-0.39, 0.29) is 43.8 Å². The van der Waals surface area contributed by atoms with E-state index >= 15 is 0 Å². The first-order valence-corrected chi connectivity index (χ1v) is 11.2. The standard InChI is InChI=1S/C19H25F3N2O5S/c1-3-28-18(25)13-7-9-24(10-8-13)30(26,27)16-12-29-23(2)17(16)14-5-4-6-15(11-14)19(20,21)22/h4-6,11,13,16-17H,3,7-10,12H2,1-2H3/t16-,17+/m0/s1. The summed E-state index contributed by atoms with van der Waals surface area (Å²) in [5.74, 6) is -0.682. The van der Waals surface area contributed by atoms with Gasteiger partial charge in [-0.2, -0.15) is 18.2 Å². The molecule has 1 aromatic rings. The van der Waals surface area contributed by atoms with Gasteiger partial charge in [0.25, 0.3) is 0 Å². The third-order valence-electron chi connectivity index (χ3n) is 5.56. The molecule has 0 aromatic heterocycles. The summed E-state index contributed by atoms with van der Waals surface area (Å²) in [7, 11) is -2.36. The fourth-order valence-electron chi connectivity index (χ4n) is 3.97. The average Bonchev–Trinajstić information content (AvgIpc) is 3.10. The van der Waals surface area contributed by atoms with Crippen molar-refractivity contribution in [1.82, 2.24) is 9.37 Å². The highest BCUT2D eigenvalue weighted by Crippen LogP contribution is 2.38.